The summed E-state index contributed by atoms with van der Waals surface area (Å²) in [6.07, 6.45) is 1.78. The summed E-state index contributed by atoms with van der Waals surface area (Å²) in [5, 5.41) is 8.90. The van der Waals surface area contributed by atoms with E-state index in [2.05, 4.69) is 28.9 Å². The number of carbonyl (C=O) groups excluding carboxylic acids is 2. The van der Waals surface area contributed by atoms with Crippen LogP contribution < -0.4 is 16.0 Å². The molecule has 0 radical (unpaired) electrons. The third kappa shape index (κ3) is 5.34. The van der Waals surface area contributed by atoms with Crippen molar-refractivity contribution >= 4 is 23.2 Å². The standard InChI is InChI=1S/C21H27N3O2/c1-4-12-22-21(26)17-10-7-11-18(13-17)24-19(25)14-23-20-15(3)8-6-9-16(20)5-2/h6-11,13,23H,4-5,12,14H2,1-3H3,(H,22,26)(H,24,25). The monoisotopic (exact) mass is 353 g/mol. The molecule has 5 nitrogen and oxygen atoms in total. The predicted molar refractivity (Wildman–Crippen MR) is 107 cm³/mol. The highest BCUT2D eigenvalue weighted by Gasteiger charge is 2.09. The maximum Gasteiger partial charge on any atom is 0.251 e. The minimum Gasteiger partial charge on any atom is -0.376 e. The highest BCUT2D eigenvalue weighted by molar-refractivity contribution is 5.98. The number of nitrogens with one attached hydrogen (secondary N) is 3. The molecule has 0 aliphatic heterocycles. The summed E-state index contributed by atoms with van der Waals surface area (Å²) in [5.41, 5.74) is 4.47. The van der Waals surface area contributed by atoms with E-state index in [1.54, 1.807) is 24.3 Å². The van der Waals surface area contributed by atoms with Crippen molar-refractivity contribution in [2.75, 3.05) is 23.7 Å². The molecule has 3 N–H and O–H groups in total. The van der Waals surface area contributed by atoms with Crippen LogP contribution in [0, 0.1) is 6.92 Å². The second kappa shape index (κ2) is 9.61. The molecular formula is C21H27N3O2. The average Bonchev–Trinajstić information content (AvgIpc) is 2.65. The van der Waals surface area contributed by atoms with Gasteiger partial charge in [-0.05, 0) is 49.1 Å². The van der Waals surface area contributed by atoms with Gasteiger partial charge in [0.1, 0.15) is 0 Å². The van der Waals surface area contributed by atoms with Crippen molar-refractivity contribution < 1.29 is 9.59 Å². The lowest BCUT2D eigenvalue weighted by atomic mass is 10.1. The normalized spacial score (nSPS) is 10.3. The number of aryl methyl sites for hydroxylation is 2. The van der Waals surface area contributed by atoms with Crippen LogP contribution in [0.5, 0.6) is 0 Å². The molecule has 0 saturated carbocycles. The molecule has 0 aromatic heterocycles. The van der Waals surface area contributed by atoms with E-state index in [0.717, 1.165) is 24.1 Å². The fourth-order valence-electron chi connectivity index (χ4n) is 2.73. The lowest BCUT2D eigenvalue weighted by Gasteiger charge is -2.14. The smallest absolute Gasteiger partial charge is 0.251 e. The molecule has 0 aliphatic rings. The molecule has 5 heteroatoms. The van der Waals surface area contributed by atoms with Gasteiger partial charge in [-0.15, -0.1) is 0 Å². The summed E-state index contributed by atoms with van der Waals surface area (Å²) in [4.78, 5) is 24.3. The first-order chi connectivity index (χ1) is 12.5. The molecule has 2 aromatic rings. The van der Waals surface area contributed by atoms with Gasteiger partial charge in [0.25, 0.3) is 5.91 Å². The quantitative estimate of drug-likeness (QED) is 0.677. The van der Waals surface area contributed by atoms with Crippen molar-refractivity contribution in [3.8, 4) is 0 Å². The summed E-state index contributed by atoms with van der Waals surface area (Å²) in [7, 11) is 0. The number of amides is 2. The van der Waals surface area contributed by atoms with Crippen LogP contribution in [0.4, 0.5) is 11.4 Å². The van der Waals surface area contributed by atoms with E-state index < -0.39 is 0 Å². The molecule has 0 unspecified atom stereocenters. The predicted octanol–water partition coefficient (Wildman–Crippen LogP) is 3.75. The SMILES string of the molecule is CCCNC(=O)c1cccc(NC(=O)CNc2c(C)cccc2CC)c1. The third-order valence-electron chi connectivity index (χ3n) is 4.11. The lowest BCUT2D eigenvalue weighted by Crippen LogP contribution is -2.25. The van der Waals surface area contributed by atoms with Crippen molar-refractivity contribution in [1.82, 2.24) is 5.32 Å². The zero-order valence-electron chi connectivity index (χ0n) is 15.7. The topological polar surface area (TPSA) is 70.2 Å². The molecule has 0 fully saturated rings. The summed E-state index contributed by atoms with van der Waals surface area (Å²) in [5.74, 6) is -0.282. The van der Waals surface area contributed by atoms with E-state index in [1.807, 2.05) is 26.0 Å². The average molecular weight is 353 g/mol. The Morgan fingerprint density at radius 2 is 1.81 bits per heavy atom. The van der Waals surface area contributed by atoms with Gasteiger partial charge in [-0.2, -0.15) is 0 Å². The molecule has 0 saturated heterocycles. The first kappa shape index (κ1) is 19.5. The van der Waals surface area contributed by atoms with Crippen molar-refractivity contribution in [3.05, 3.63) is 59.2 Å². The summed E-state index contributed by atoms with van der Waals surface area (Å²) >= 11 is 0. The Bertz CT molecular complexity index is 772. The van der Waals surface area contributed by atoms with Gasteiger partial charge in [0.15, 0.2) is 0 Å². The van der Waals surface area contributed by atoms with Gasteiger partial charge >= 0.3 is 0 Å². The van der Waals surface area contributed by atoms with E-state index in [4.69, 9.17) is 0 Å². The van der Waals surface area contributed by atoms with Gasteiger partial charge in [-0.25, -0.2) is 0 Å². The minimum atomic E-state index is -0.151. The number of carbonyl (C=O) groups is 2. The molecule has 0 atom stereocenters. The number of hydrogen-bond donors (Lipinski definition) is 3. The lowest BCUT2D eigenvalue weighted by molar-refractivity contribution is -0.114. The Morgan fingerprint density at radius 3 is 2.54 bits per heavy atom. The molecule has 0 heterocycles. The van der Waals surface area contributed by atoms with Crippen LogP contribution in [0.15, 0.2) is 42.5 Å². The molecule has 0 spiro atoms. The van der Waals surface area contributed by atoms with Crippen LogP contribution in [0.1, 0.15) is 41.8 Å². The number of benzene rings is 2. The molecule has 2 amide bonds. The number of rotatable bonds is 8. The number of para-hydroxylation sites is 1. The fourth-order valence-corrected chi connectivity index (χ4v) is 2.73. The van der Waals surface area contributed by atoms with Crippen LogP contribution in [0.2, 0.25) is 0 Å². The summed E-state index contributed by atoms with van der Waals surface area (Å²) < 4.78 is 0. The molecule has 138 valence electrons. The van der Waals surface area contributed by atoms with E-state index in [-0.39, 0.29) is 18.4 Å². The Morgan fingerprint density at radius 1 is 1.04 bits per heavy atom. The van der Waals surface area contributed by atoms with Gasteiger partial charge in [-0.3, -0.25) is 9.59 Å². The van der Waals surface area contributed by atoms with E-state index in [9.17, 15) is 9.59 Å². The van der Waals surface area contributed by atoms with Crippen molar-refractivity contribution in [1.29, 1.82) is 0 Å². The van der Waals surface area contributed by atoms with Crippen LogP contribution in [-0.2, 0) is 11.2 Å². The molecule has 0 bridgehead atoms. The van der Waals surface area contributed by atoms with Gasteiger partial charge in [0.05, 0.1) is 6.54 Å². The first-order valence-electron chi connectivity index (χ1n) is 9.05. The number of anilines is 2. The Hall–Kier alpha value is -2.82. The molecular weight excluding hydrogens is 326 g/mol. The zero-order chi connectivity index (χ0) is 18.9. The van der Waals surface area contributed by atoms with E-state index in [0.29, 0.717) is 17.8 Å². The molecule has 2 aromatic carbocycles. The Balaban J connectivity index is 1.97. The van der Waals surface area contributed by atoms with Crippen molar-refractivity contribution in [3.63, 3.8) is 0 Å². The van der Waals surface area contributed by atoms with Gasteiger partial charge in [-0.1, -0.05) is 38.1 Å². The molecule has 0 aliphatic carbocycles. The minimum absolute atomic E-state index is 0.131. The van der Waals surface area contributed by atoms with Crippen molar-refractivity contribution in [2.45, 2.75) is 33.6 Å². The van der Waals surface area contributed by atoms with Crippen LogP contribution in [0.3, 0.4) is 0 Å². The van der Waals surface area contributed by atoms with Gasteiger partial charge < -0.3 is 16.0 Å². The Labute approximate surface area is 155 Å². The van der Waals surface area contributed by atoms with Crippen molar-refractivity contribution in [2.24, 2.45) is 0 Å². The zero-order valence-corrected chi connectivity index (χ0v) is 15.7. The molecule has 2 rings (SSSR count). The Kier molecular flexibility index (Phi) is 7.21. The third-order valence-corrected chi connectivity index (χ3v) is 4.11. The van der Waals surface area contributed by atoms with E-state index >= 15 is 0 Å². The number of hydrogen-bond acceptors (Lipinski definition) is 3. The fraction of sp³-hybridized carbons (Fsp3) is 0.333. The maximum absolute atomic E-state index is 12.3. The molecule has 26 heavy (non-hydrogen) atoms. The summed E-state index contributed by atoms with van der Waals surface area (Å²) in [6.45, 7) is 6.93. The van der Waals surface area contributed by atoms with Crippen LogP contribution >= 0.6 is 0 Å². The highest BCUT2D eigenvalue weighted by Crippen LogP contribution is 2.20. The van der Waals surface area contributed by atoms with Crippen LogP contribution in [-0.4, -0.2) is 24.9 Å². The first-order valence-corrected chi connectivity index (χ1v) is 9.05. The van der Waals surface area contributed by atoms with Crippen LogP contribution in [0.25, 0.3) is 0 Å². The maximum atomic E-state index is 12.3. The van der Waals surface area contributed by atoms with E-state index in [1.165, 1.54) is 5.56 Å². The second-order valence-corrected chi connectivity index (χ2v) is 6.20. The highest BCUT2D eigenvalue weighted by atomic mass is 16.2. The van der Waals surface area contributed by atoms with Gasteiger partial charge in [0, 0.05) is 23.5 Å². The van der Waals surface area contributed by atoms with Gasteiger partial charge in [0.2, 0.25) is 5.91 Å². The largest absolute Gasteiger partial charge is 0.376 e. The summed E-state index contributed by atoms with van der Waals surface area (Å²) in [6, 6.07) is 13.1. The second-order valence-electron chi connectivity index (χ2n) is 6.20.